The Hall–Kier alpha value is -2.60. The zero-order valence-corrected chi connectivity index (χ0v) is 13.5. The Morgan fingerprint density at radius 1 is 1.13 bits per heavy atom. The number of anilines is 1. The Kier molecular flexibility index (Phi) is 3.20. The van der Waals surface area contributed by atoms with Gasteiger partial charge in [0, 0.05) is 18.0 Å². The molecular formula is C17H12BrN3O2. The lowest BCUT2D eigenvalue weighted by Crippen LogP contribution is -2.22. The molecule has 1 aromatic heterocycles. The average molecular weight is 370 g/mol. The van der Waals surface area contributed by atoms with Crippen LogP contribution in [0.3, 0.4) is 0 Å². The maximum Gasteiger partial charge on any atom is 0.283 e. The van der Waals surface area contributed by atoms with E-state index in [9.17, 15) is 10.1 Å². The van der Waals surface area contributed by atoms with Gasteiger partial charge in [0.1, 0.15) is 0 Å². The molecule has 3 aromatic rings. The highest BCUT2D eigenvalue weighted by Crippen LogP contribution is 2.38. The van der Waals surface area contributed by atoms with Crippen LogP contribution in [0.2, 0.25) is 0 Å². The molecule has 1 atom stereocenters. The van der Waals surface area contributed by atoms with Crippen molar-refractivity contribution in [3.63, 3.8) is 0 Å². The number of hydrogen-bond donors (Lipinski definition) is 1. The molecule has 2 aromatic carbocycles. The largest absolute Gasteiger partial charge is 0.371 e. The minimum Gasteiger partial charge on any atom is -0.371 e. The van der Waals surface area contributed by atoms with Crippen molar-refractivity contribution in [2.75, 3.05) is 5.32 Å². The number of para-hydroxylation sites is 2. The number of halogens is 1. The fourth-order valence-corrected chi connectivity index (χ4v) is 3.38. The van der Waals surface area contributed by atoms with E-state index in [0.717, 1.165) is 22.6 Å². The first-order valence-electron chi connectivity index (χ1n) is 7.12. The van der Waals surface area contributed by atoms with Crippen LogP contribution in [0.4, 0.5) is 11.4 Å². The summed E-state index contributed by atoms with van der Waals surface area (Å²) in [6.07, 6.45) is 2.01. The van der Waals surface area contributed by atoms with E-state index in [0.29, 0.717) is 4.47 Å². The molecule has 0 radical (unpaired) electrons. The van der Waals surface area contributed by atoms with Gasteiger partial charge in [-0.25, -0.2) is 0 Å². The van der Waals surface area contributed by atoms with Crippen molar-refractivity contribution in [1.82, 2.24) is 4.57 Å². The first kappa shape index (κ1) is 14.0. The highest BCUT2D eigenvalue weighted by atomic mass is 79.9. The van der Waals surface area contributed by atoms with Gasteiger partial charge in [-0.1, -0.05) is 18.2 Å². The molecule has 0 fully saturated rings. The lowest BCUT2D eigenvalue weighted by Gasteiger charge is -2.29. The van der Waals surface area contributed by atoms with Gasteiger partial charge in [0.2, 0.25) is 0 Å². The van der Waals surface area contributed by atoms with Gasteiger partial charge in [-0.05, 0) is 51.8 Å². The summed E-state index contributed by atoms with van der Waals surface area (Å²) < 4.78 is 2.60. The number of benzene rings is 2. The normalized spacial score (nSPS) is 15.4. The van der Waals surface area contributed by atoms with Crippen molar-refractivity contribution in [2.45, 2.75) is 6.04 Å². The van der Waals surface area contributed by atoms with Crippen LogP contribution in [0.1, 0.15) is 17.3 Å². The van der Waals surface area contributed by atoms with Crippen LogP contribution in [0.25, 0.3) is 5.69 Å². The highest BCUT2D eigenvalue weighted by molar-refractivity contribution is 9.10. The van der Waals surface area contributed by atoms with Gasteiger partial charge < -0.3 is 9.88 Å². The lowest BCUT2D eigenvalue weighted by molar-refractivity contribution is -0.385. The van der Waals surface area contributed by atoms with Crippen molar-refractivity contribution in [1.29, 1.82) is 0 Å². The van der Waals surface area contributed by atoms with E-state index in [1.54, 1.807) is 12.1 Å². The van der Waals surface area contributed by atoms with E-state index in [1.807, 2.05) is 48.7 Å². The number of rotatable bonds is 2. The molecule has 2 heterocycles. The predicted octanol–water partition coefficient (Wildman–Crippen LogP) is 4.66. The van der Waals surface area contributed by atoms with E-state index in [4.69, 9.17) is 0 Å². The lowest BCUT2D eigenvalue weighted by atomic mass is 10.00. The molecule has 6 heteroatoms. The first-order chi connectivity index (χ1) is 11.1. The smallest absolute Gasteiger partial charge is 0.283 e. The molecule has 0 saturated carbocycles. The Morgan fingerprint density at radius 3 is 2.78 bits per heavy atom. The Labute approximate surface area is 140 Å². The number of nitro benzene ring substituents is 1. The second-order valence-corrected chi connectivity index (χ2v) is 6.22. The van der Waals surface area contributed by atoms with Gasteiger partial charge in [0.25, 0.3) is 5.69 Å². The molecular weight excluding hydrogens is 358 g/mol. The van der Waals surface area contributed by atoms with Crippen molar-refractivity contribution in [3.8, 4) is 5.69 Å². The zero-order valence-electron chi connectivity index (χ0n) is 11.9. The fourth-order valence-electron chi connectivity index (χ4n) is 2.99. The van der Waals surface area contributed by atoms with Gasteiger partial charge in [0.15, 0.2) is 0 Å². The van der Waals surface area contributed by atoms with Crippen molar-refractivity contribution >= 4 is 27.3 Å². The van der Waals surface area contributed by atoms with Crippen molar-refractivity contribution < 1.29 is 4.92 Å². The van der Waals surface area contributed by atoms with Gasteiger partial charge >= 0.3 is 0 Å². The minimum atomic E-state index is -0.372. The third kappa shape index (κ3) is 2.22. The van der Waals surface area contributed by atoms with E-state index in [1.165, 1.54) is 0 Å². The van der Waals surface area contributed by atoms with Gasteiger partial charge in [-0.3, -0.25) is 10.1 Å². The average Bonchev–Trinajstić information content (AvgIpc) is 3.04. The molecule has 1 aliphatic heterocycles. The standard InChI is InChI=1S/C17H12BrN3O2/c18-12-8-7-11(10-16(12)21(22)23)17-15-6-3-9-20(15)14-5-2-1-4-13(14)19-17/h1-10,17,19H. The molecule has 23 heavy (non-hydrogen) atoms. The molecule has 0 aliphatic carbocycles. The molecule has 0 spiro atoms. The van der Waals surface area contributed by atoms with Crippen molar-refractivity contribution in [3.05, 3.63) is 86.6 Å². The monoisotopic (exact) mass is 369 g/mol. The fraction of sp³-hybridized carbons (Fsp3) is 0.0588. The summed E-state index contributed by atoms with van der Waals surface area (Å²) >= 11 is 3.24. The maximum absolute atomic E-state index is 11.2. The van der Waals surface area contributed by atoms with Gasteiger partial charge in [-0.15, -0.1) is 0 Å². The molecule has 5 nitrogen and oxygen atoms in total. The molecule has 114 valence electrons. The third-order valence-electron chi connectivity index (χ3n) is 4.04. The summed E-state index contributed by atoms with van der Waals surface area (Å²) in [6.45, 7) is 0. The second kappa shape index (κ2) is 5.24. The molecule has 1 N–H and O–H groups in total. The molecule has 0 saturated heterocycles. The zero-order chi connectivity index (χ0) is 16.0. The molecule has 0 bridgehead atoms. The van der Waals surface area contributed by atoms with E-state index >= 15 is 0 Å². The number of nitrogens with zero attached hydrogens (tertiary/aromatic N) is 2. The van der Waals surface area contributed by atoms with Crippen LogP contribution in [0.15, 0.2) is 65.3 Å². The Balaban J connectivity index is 1.86. The summed E-state index contributed by atoms with van der Waals surface area (Å²) in [5, 5.41) is 14.7. The number of aromatic nitrogens is 1. The third-order valence-corrected chi connectivity index (χ3v) is 4.71. The van der Waals surface area contributed by atoms with Crippen LogP contribution >= 0.6 is 15.9 Å². The molecule has 4 rings (SSSR count). The predicted molar refractivity (Wildman–Crippen MR) is 92.0 cm³/mol. The SMILES string of the molecule is O=[N+]([O-])c1cc(C2Nc3ccccc3-n3cccc32)ccc1Br. The van der Waals surface area contributed by atoms with Crippen molar-refractivity contribution in [2.24, 2.45) is 0 Å². The summed E-state index contributed by atoms with van der Waals surface area (Å²) in [5.74, 6) is 0. The van der Waals surface area contributed by atoms with Crippen LogP contribution in [0, 0.1) is 10.1 Å². The Morgan fingerprint density at radius 2 is 1.96 bits per heavy atom. The molecule has 0 amide bonds. The summed E-state index contributed by atoms with van der Waals surface area (Å²) in [4.78, 5) is 10.8. The van der Waals surface area contributed by atoms with Gasteiger partial charge in [-0.2, -0.15) is 0 Å². The Bertz CT molecular complexity index is 920. The number of fused-ring (bicyclic) bond motifs is 3. The summed E-state index contributed by atoms with van der Waals surface area (Å²) in [5.41, 5.74) is 4.07. The highest BCUT2D eigenvalue weighted by Gasteiger charge is 2.26. The van der Waals surface area contributed by atoms with Crippen LogP contribution in [-0.4, -0.2) is 9.49 Å². The maximum atomic E-state index is 11.2. The second-order valence-electron chi connectivity index (χ2n) is 5.37. The summed E-state index contributed by atoms with van der Waals surface area (Å²) in [7, 11) is 0. The molecule has 1 unspecified atom stereocenters. The van der Waals surface area contributed by atoms with E-state index < -0.39 is 0 Å². The molecule has 1 aliphatic rings. The first-order valence-corrected chi connectivity index (χ1v) is 7.91. The van der Waals surface area contributed by atoms with Crippen LogP contribution in [-0.2, 0) is 0 Å². The minimum absolute atomic E-state index is 0.0706. The summed E-state index contributed by atoms with van der Waals surface area (Å²) in [6, 6.07) is 17.2. The quantitative estimate of drug-likeness (QED) is 0.527. The number of nitro groups is 1. The number of nitrogens with one attached hydrogen (secondary N) is 1. The van der Waals surface area contributed by atoms with E-state index in [-0.39, 0.29) is 16.7 Å². The van der Waals surface area contributed by atoms with Gasteiger partial charge in [0.05, 0.1) is 26.8 Å². The van der Waals surface area contributed by atoms with Crippen LogP contribution in [0.5, 0.6) is 0 Å². The topological polar surface area (TPSA) is 60.1 Å². The van der Waals surface area contributed by atoms with Crippen LogP contribution < -0.4 is 5.32 Å². The van der Waals surface area contributed by atoms with E-state index in [2.05, 4.69) is 25.8 Å². The number of hydrogen-bond acceptors (Lipinski definition) is 3.